The van der Waals surface area contributed by atoms with E-state index in [1.54, 1.807) is 46.3 Å². The second kappa shape index (κ2) is 10.7. The topological polar surface area (TPSA) is 224 Å². The van der Waals surface area contributed by atoms with Crippen LogP contribution in [0.15, 0.2) is 30.3 Å². The lowest BCUT2D eigenvalue weighted by atomic mass is 10.1. The zero-order valence-corrected chi connectivity index (χ0v) is 23.4. The Bertz CT molecular complexity index is 1760. The summed E-state index contributed by atoms with van der Waals surface area (Å²) in [5.41, 5.74) is 26.1. The summed E-state index contributed by atoms with van der Waals surface area (Å²) in [6.45, 7) is 4.11. The van der Waals surface area contributed by atoms with E-state index in [0.29, 0.717) is 46.3 Å². The highest BCUT2D eigenvalue weighted by Crippen LogP contribution is 2.35. The third kappa shape index (κ3) is 4.83. The smallest absolute Gasteiger partial charge is 0.248 e. The standard InChI is InChI=1S/C27H32N10O5/c1-13-9-21(38)37(25(13)41)34(3)7-4-8-42-20-12-16(24(29)40)11-18-22(20)36(27(31)33-18)14(2)35-19-6-5-15(23(28)39)10-17(19)32-26(35)30/h5-6,10-14H,4,7-9H2,1-3H3,(H2,28,39)(H2,29,40)(H2,30,32)(H2,31,33). The van der Waals surface area contributed by atoms with Crippen molar-refractivity contribution in [3.05, 3.63) is 41.5 Å². The lowest BCUT2D eigenvalue weighted by molar-refractivity contribution is -0.156. The molecular formula is C27H32N10O5. The Morgan fingerprint density at radius 2 is 1.67 bits per heavy atom. The van der Waals surface area contributed by atoms with Gasteiger partial charge in [-0.2, -0.15) is 0 Å². The van der Waals surface area contributed by atoms with Gasteiger partial charge in [0.1, 0.15) is 17.4 Å². The third-order valence-corrected chi connectivity index (χ3v) is 7.38. The van der Waals surface area contributed by atoms with Crippen molar-refractivity contribution >= 4 is 57.6 Å². The molecule has 0 aliphatic carbocycles. The Balaban J connectivity index is 1.46. The van der Waals surface area contributed by atoms with Crippen LogP contribution in [0.3, 0.4) is 0 Å². The van der Waals surface area contributed by atoms with E-state index in [0.717, 1.165) is 0 Å². The molecule has 8 N–H and O–H groups in total. The summed E-state index contributed by atoms with van der Waals surface area (Å²) in [5, 5.41) is 2.74. The second-order valence-electron chi connectivity index (χ2n) is 10.3. The molecule has 2 atom stereocenters. The van der Waals surface area contributed by atoms with E-state index in [-0.39, 0.29) is 48.2 Å². The highest BCUT2D eigenvalue weighted by Gasteiger charge is 2.38. The normalized spacial score (nSPS) is 16.2. The van der Waals surface area contributed by atoms with Gasteiger partial charge in [0.05, 0.1) is 23.2 Å². The zero-order valence-electron chi connectivity index (χ0n) is 23.4. The Labute approximate surface area is 239 Å². The number of hydrogen-bond donors (Lipinski definition) is 4. The molecule has 4 aromatic rings. The lowest BCUT2D eigenvalue weighted by Crippen LogP contribution is -2.44. The maximum atomic E-state index is 12.3. The van der Waals surface area contributed by atoms with E-state index >= 15 is 0 Å². The van der Waals surface area contributed by atoms with E-state index in [1.807, 2.05) is 6.92 Å². The lowest BCUT2D eigenvalue weighted by Gasteiger charge is -2.26. The molecule has 4 amide bonds. The molecule has 2 unspecified atom stereocenters. The number of nitrogens with zero attached hydrogens (tertiary/aromatic N) is 6. The number of imide groups is 1. The molecule has 42 heavy (non-hydrogen) atoms. The molecule has 0 radical (unpaired) electrons. The maximum absolute atomic E-state index is 12.3. The number of imidazole rings is 2. The molecule has 220 valence electrons. The number of hydrazine groups is 1. The monoisotopic (exact) mass is 576 g/mol. The van der Waals surface area contributed by atoms with Gasteiger partial charge in [-0.05, 0) is 43.7 Å². The predicted octanol–water partition coefficient (Wildman–Crippen LogP) is 0.826. The van der Waals surface area contributed by atoms with Crippen molar-refractivity contribution in [2.24, 2.45) is 17.4 Å². The van der Waals surface area contributed by atoms with E-state index < -0.39 is 18.0 Å². The van der Waals surface area contributed by atoms with Gasteiger partial charge in [0.25, 0.3) is 0 Å². The number of nitrogens with two attached hydrogens (primary N) is 4. The fraction of sp³-hybridized carbons (Fsp3) is 0.333. The molecule has 0 spiro atoms. The van der Waals surface area contributed by atoms with E-state index in [2.05, 4.69) is 9.97 Å². The number of carbonyl (C=O) groups excluding carboxylic acids is 4. The van der Waals surface area contributed by atoms with E-state index in [9.17, 15) is 19.2 Å². The number of primary amides is 2. The number of benzene rings is 2. The van der Waals surface area contributed by atoms with Crippen LogP contribution < -0.4 is 27.7 Å². The number of carbonyl (C=O) groups is 4. The Hall–Kier alpha value is -5.18. The van der Waals surface area contributed by atoms with Gasteiger partial charge in [0.2, 0.25) is 35.5 Å². The summed E-state index contributed by atoms with van der Waals surface area (Å²) in [4.78, 5) is 57.2. The van der Waals surface area contributed by atoms with Crippen LogP contribution in [0.4, 0.5) is 11.9 Å². The first-order valence-corrected chi connectivity index (χ1v) is 13.3. The van der Waals surface area contributed by atoms with Crippen molar-refractivity contribution in [1.82, 2.24) is 29.1 Å². The molecule has 15 nitrogen and oxygen atoms in total. The van der Waals surface area contributed by atoms with Gasteiger partial charge >= 0.3 is 0 Å². The number of hydrogen-bond acceptors (Lipinski definition) is 10. The molecule has 2 aromatic heterocycles. The molecule has 15 heteroatoms. The van der Waals surface area contributed by atoms with Gasteiger partial charge < -0.3 is 27.7 Å². The number of fused-ring (bicyclic) bond motifs is 2. The molecule has 0 bridgehead atoms. The SMILES string of the molecule is CC1CC(=O)N(N(C)CCCOc2cc(C(N)=O)cc3nc(N)n(C(C)n4c(N)nc5cc(C(N)=O)ccc54)c23)C1=O. The summed E-state index contributed by atoms with van der Waals surface area (Å²) in [6.07, 6.45) is 0.0658. The number of rotatable bonds is 10. The zero-order chi connectivity index (χ0) is 30.5. The fourth-order valence-electron chi connectivity index (χ4n) is 5.32. The van der Waals surface area contributed by atoms with Crippen LogP contribution in [-0.4, -0.2) is 72.9 Å². The van der Waals surface area contributed by atoms with Crippen LogP contribution in [0.1, 0.15) is 53.6 Å². The third-order valence-electron chi connectivity index (χ3n) is 7.38. The van der Waals surface area contributed by atoms with Crippen LogP contribution in [0.25, 0.3) is 22.1 Å². The number of nitrogen functional groups attached to an aromatic ring is 2. The first-order chi connectivity index (χ1) is 19.9. The van der Waals surface area contributed by atoms with Crippen LogP contribution in [0, 0.1) is 5.92 Å². The minimum Gasteiger partial charge on any atom is -0.491 e. The Morgan fingerprint density at radius 3 is 2.31 bits per heavy atom. The van der Waals surface area contributed by atoms with Crippen molar-refractivity contribution in [3.63, 3.8) is 0 Å². The van der Waals surface area contributed by atoms with Gasteiger partial charge in [-0.25, -0.2) is 20.0 Å². The second-order valence-corrected chi connectivity index (χ2v) is 10.3. The highest BCUT2D eigenvalue weighted by atomic mass is 16.5. The summed E-state index contributed by atoms with van der Waals surface area (Å²) in [5.74, 6) is -1.48. The maximum Gasteiger partial charge on any atom is 0.248 e. The average Bonchev–Trinajstić information content (AvgIpc) is 3.53. The predicted molar refractivity (Wildman–Crippen MR) is 154 cm³/mol. The van der Waals surface area contributed by atoms with Gasteiger partial charge in [-0.3, -0.25) is 28.3 Å². The molecule has 5 rings (SSSR count). The Kier molecular flexibility index (Phi) is 7.20. The van der Waals surface area contributed by atoms with Crippen molar-refractivity contribution in [2.75, 3.05) is 31.7 Å². The van der Waals surface area contributed by atoms with Crippen molar-refractivity contribution in [1.29, 1.82) is 0 Å². The van der Waals surface area contributed by atoms with Crippen molar-refractivity contribution in [2.45, 2.75) is 32.9 Å². The fourth-order valence-corrected chi connectivity index (χ4v) is 5.32. The minimum atomic E-state index is -0.669. The molecule has 1 saturated heterocycles. The van der Waals surface area contributed by atoms with Gasteiger partial charge in [-0.15, -0.1) is 0 Å². The number of aromatic nitrogens is 4. The summed E-state index contributed by atoms with van der Waals surface area (Å²) in [6, 6.07) is 7.88. The quantitative estimate of drug-likeness (QED) is 0.154. The minimum absolute atomic E-state index is 0.124. The summed E-state index contributed by atoms with van der Waals surface area (Å²) in [7, 11) is 1.67. The average molecular weight is 577 g/mol. The van der Waals surface area contributed by atoms with Gasteiger partial charge in [0, 0.05) is 37.1 Å². The largest absolute Gasteiger partial charge is 0.491 e. The molecule has 3 heterocycles. The first-order valence-electron chi connectivity index (χ1n) is 13.3. The highest BCUT2D eigenvalue weighted by molar-refractivity contribution is 6.03. The number of ether oxygens (including phenoxy) is 1. The van der Waals surface area contributed by atoms with Crippen LogP contribution in [0.2, 0.25) is 0 Å². The van der Waals surface area contributed by atoms with Gasteiger partial charge in [0.15, 0.2) is 0 Å². The molecule has 1 aliphatic heterocycles. The summed E-state index contributed by atoms with van der Waals surface area (Å²) < 4.78 is 9.56. The number of amides is 4. The first kappa shape index (κ1) is 28.4. The molecule has 2 aromatic carbocycles. The van der Waals surface area contributed by atoms with Gasteiger partial charge in [-0.1, -0.05) is 6.92 Å². The molecule has 0 saturated carbocycles. The molecule has 1 aliphatic rings. The summed E-state index contributed by atoms with van der Waals surface area (Å²) >= 11 is 0. The van der Waals surface area contributed by atoms with Crippen LogP contribution in [-0.2, 0) is 9.59 Å². The van der Waals surface area contributed by atoms with E-state index in [4.69, 9.17) is 27.7 Å². The number of anilines is 2. The van der Waals surface area contributed by atoms with Crippen molar-refractivity contribution < 1.29 is 23.9 Å². The molecular weight excluding hydrogens is 544 g/mol. The van der Waals surface area contributed by atoms with Crippen molar-refractivity contribution in [3.8, 4) is 5.75 Å². The Morgan fingerprint density at radius 1 is 1.02 bits per heavy atom. The molecule has 1 fully saturated rings. The van der Waals surface area contributed by atoms with Crippen LogP contribution >= 0.6 is 0 Å². The van der Waals surface area contributed by atoms with Crippen LogP contribution in [0.5, 0.6) is 5.75 Å². The van der Waals surface area contributed by atoms with E-state index in [1.165, 1.54) is 17.1 Å².